The van der Waals surface area contributed by atoms with Crippen molar-refractivity contribution < 1.29 is 14.3 Å². The van der Waals surface area contributed by atoms with Crippen molar-refractivity contribution >= 4 is 47.6 Å². The molecule has 9 heteroatoms. The Morgan fingerprint density at radius 3 is 2.44 bits per heavy atom. The zero-order valence-corrected chi connectivity index (χ0v) is 21.5. The van der Waals surface area contributed by atoms with Gasteiger partial charge in [0.05, 0.1) is 6.61 Å². The molecule has 2 amide bonds. The average Bonchev–Trinajstić information content (AvgIpc) is 2.81. The molecule has 0 atom stereocenters. The highest BCUT2D eigenvalue weighted by Gasteiger charge is 2.24. The minimum Gasteiger partial charge on any atom is -0.450 e. The highest BCUT2D eigenvalue weighted by atomic mass is 127. The standard InChI is InChI=1S/C23H35N5O3.HI/c1-3-31-23(30)28-14-12-27(13-15-28)22(24-2)25-17-18-8-7-11-20(16-18)26-21(29)19-9-5-4-6-10-19;/h7-8,11,16,19H,3-6,9-10,12-15,17H2,1-2H3,(H,24,25)(H,26,29);1H. The molecule has 0 radical (unpaired) electrons. The summed E-state index contributed by atoms with van der Waals surface area (Å²) < 4.78 is 5.08. The third-order valence-electron chi connectivity index (χ3n) is 5.94. The zero-order valence-electron chi connectivity index (χ0n) is 19.1. The maximum Gasteiger partial charge on any atom is 0.409 e. The van der Waals surface area contributed by atoms with Crippen LogP contribution in [0.15, 0.2) is 29.3 Å². The summed E-state index contributed by atoms with van der Waals surface area (Å²) in [6, 6.07) is 7.96. The molecule has 0 aromatic heterocycles. The summed E-state index contributed by atoms with van der Waals surface area (Å²) in [5.41, 5.74) is 1.92. The normalized spacial score (nSPS) is 17.4. The summed E-state index contributed by atoms with van der Waals surface area (Å²) in [5, 5.41) is 6.48. The Kier molecular flexibility index (Phi) is 11.1. The number of amides is 2. The second kappa shape index (κ2) is 13.5. The van der Waals surface area contributed by atoms with Gasteiger partial charge in [0.25, 0.3) is 0 Å². The van der Waals surface area contributed by atoms with Crippen LogP contribution in [0.4, 0.5) is 10.5 Å². The second-order valence-electron chi connectivity index (χ2n) is 8.10. The van der Waals surface area contributed by atoms with Crippen LogP contribution in [0.1, 0.15) is 44.6 Å². The molecule has 1 aliphatic carbocycles. The van der Waals surface area contributed by atoms with Crippen LogP contribution < -0.4 is 10.6 Å². The lowest BCUT2D eigenvalue weighted by molar-refractivity contribution is -0.120. The predicted octanol–water partition coefficient (Wildman–Crippen LogP) is 3.67. The van der Waals surface area contributed by atoms with Gasteiger partial charge in [0, 0.05) is 51.4 Å². The molecule has 1 aliphatic heterocycles. The lowest BCUT2D eigenvalue weighted by atomic mass is 9.88. The maximum absolute atomic E-state index is 12.5. The van der Waals surface area contributed by atoms with Gasteiger partial charge in [-0.1, -0.05) is 31.4 Å². The van der Waals surface area contributed by atoms with Crippen molar-refractivity contribution in [3.63, 3.8) is 0 Å². The monoisotopic (exact) mass is 557 g/mol. The van der Waals surface area contributed by atoms with Crippen LogP contribution in [0.3, 0.4) is 0 Å². The van der Waals surface area contributed by atoms with E-state index in [0.717, 1.165) is 42.9 Å². The van der Waals surface area contributed by atoms with Gasteiger partial charge in [0.15, 0.2) is 5.96 Å². The minimum atomic E-state index is -0.253. The van der Waals surface area contributed by atoms with E-state index in [1.165, 1.54) is 6.42 Å². The molecule has 1 heterocycles. The van der Waals surface area contributed by atoms with E-state index in [-0.39, 0.29) is 41.9 Å². The van der Waals surface area contributed by atoms with Crippen LogP contribution in [-0.2, 0) is 16.1 Å². The molecule has 2 fully saturated rings. The SMILES string of the molecule is CCOC(=O)N1CCN(C(=NC)NCc2cccc(NC(=O)C3CCCCC3)c2)CC1.I. The molecule has 3 rings (SSSR count). The van der Waals surface area contributed by atoms with Crippen LogP contribution >= 0.6 is 24.0 Å². The summed E-state index contributed by atoms with van der Waals surface area (Å²) in [6.45, 7) is 5.45. The number of benzene rings is 1. The van der Waals surface area contributed by atoms with Gasteiger partial charge in [0.2, 0.25) is 5.91 Å². The summed E-state index contributed by atoms with van der Waals surface area (Å²) in [4.78, 5) is 32.7. The number of hydrogen-bond donors (Lipinski definition) is 2. The summed E-state index contributed by atoms with van der Waals surface area (Å²) in [7, 11) is 1.76. The highest BCUT2D eigenvalue weighted by Crippen LogP contribution is 2.25. The number of aliphatic imine (C=N–C) groups is 1. The summed E-state index contributed by atoms with van der Waals surface area (Å²) in [5.74, 6) is 1.09. The number of guanidine groups is 1. The van der Waals surface area contributed by atoms with E-state index in [2.05, 4.69) is 20.5 Å². The Morgan fingerprint density at radius 2 is 1.78 bits per heavy atom. The van der Waals surface area contributed by atoms with Gasteiger partial charge >= 0.3 is 6.09 Å². The Bertz CT molecular complexity index is 775. The van der Waals surface area contributed by atoms with E-state index in [0.29, 0.717) is 39.3 Å². The third-order valence-corrected chi connectivity index (χ3v) is 5.94. The van der Waals surface area contributed by atoms with Crippen molar-refractivity contribution in [1.82, 2.24) is 15.1 Å². The van der Waals surface area contributed by atoms with Gasteiger partial charge in [-0.2, -0.15) is 0 Å². The van der Waals surface area contributed by atoms with Gasteiger partial charge in [-0.05, 0) is 37.5 Å². The van der Waals surface area contributed by atoms with Gasteiger partial charge in [0.1, 0.15) is 0 Å². The highest BCUT2D eigenvalue weighted by molar-refractivity contribution is 14.0. The average molecular weight is 557 g/mol. The van der Waals surface area contributed by atoms with Crippen molar-refractivity contribution in [3.8, 4) is 0 Å². The molecule has 178 valence electrons. The lowest BCUT2D eigenvalue weighted by Gasteiger charge is -2.35. The fourth-order valence-electron chi connectivity index (χ4n) is 4.20. The first kappa shape index (κ1) is 26.2. The minimum absolute atomic E-state index is 0. The predicted molar refractivity (Wildman–Crippen MR) is 137 cm³/mol. The number of carbonyl (C=O) groups excluding carboxylic acids is 2. The molecule has 0 unspecified atom stereocenters. The van der Waals surface area contributed by atoms with Crippen LogP contribution in [0, 0.1) is 5.92 Å². The van der Waals surface area contributed by atoms with Crippen molar-refractivity contribution in [2.24, 2.45) is 10.9 Å². The Morgan fingerprint density at radius 1 is 1.09 bits per heavy atom. The van der Waals surface area contributed by atoms with E-state index < -0.39 is 0 Å². The van der Waals surface area contributed by atoms with E-state index in [9.17, 15) is 9.59 Å². The number of piperazine rings is 1. The second-order valence-corrected chi connectivity index (χ2v) is 8.10. The fourth-order valence-corrected chi connectivity index (χ4v) is 4.20. The number of nitrogens with zero attached hydrogens (tertiary/aromatic N) is 3. The van der Waals surface area contributed by atoms with Crippen LogP contribution in [0.2, 0.25) is 0 Å². The fraction of sp³-hybridized carbons (Fsp3) is 0.609. The van der Waals surface area contributed by atoms with E-state index >= 15 is 0 Å². The Labute approximate surface area is 208 Å². The number of anilines is 1. The first-order chi connectivity index (χ1) is 15.1. The molecule has 2 aliphatic rings. The first-order valence-corrected chi connectivity index (χ1v) is 11.4. The van der Waals surface area contributed by atoms with Crippen LogP contribution in [0.5, 0.6) is 0 Å². The van der Waals surface area contributed by atoms with E-state index in [1.54, 1.807) is 11.9 Å². The number of rotatable bonds is 5. The zero-order chi connectivity index (χ0) is 22.1. The van der Waals surface area contributed by atoms with Crippen molar-refractivity contribution in [2.75, 3.05) is 45.2 Å². The molecule has 1 saturated carbocycles. The van der Waals surface area contributed by atoms with Crippen LogP contribution in [0.25, 0.3) is 0 Å². The van der Waals surface area contributed by atoms with Crippen molar-refractivity contribution in [1.29, 1.82) is 0 Å². The molecule has 1 aromatic carbocycles. The summed E-state index contributed by atoms with van der Waals surface area (Å²) >= 11 is 0. The third kappa shape index (κ3) is 7.53. The molecular formula is C23H36IN5O3. The molecule has 8 nitrogen and oxygen atoms in total. The quantitative estimate of drug-likeness (QED) is 0.328. The molecule has 2 N–H and O–H groups in total. The van der Waals surface area contributed by atoms with Gasteiger partial charge in [-0.15, -0.1) is 24.0 Å². The first-order valence-electron chi connectivity index (χ1n) is 11.4. The molecule has 1 saturated heterocycles. The van der Waals surface area contributed by atoms with Crippen molar-refractivity contribution in [2.45, 2.75) is 45.6 Å². The van der Waals surface area contributed by atoms with E-state index in [4.69, 9.17) is 4.74 Å². The van der Waals surface area contributed by atoms with E-state index in [1.807, 2.05) is 31.2 Å². The number of hydrogen-bond acceptors (Lipinski definition) is 4. The Balaban J connectivity index is 0.00000363. The van der Waals surface area contributed by atoms with Gasteiger partial charge in [-0.3, -0.25) is 9.79 Å². The molecular weight excluding hydrogens is 521 g/mol. The number of halogens is 1. The number of ether oxygens (including phenoxy) is 1. The van der Waals surface area contributed by atoms with Crippen molar-refractivity contribution in [3.05, 3.63) is 29.8 Å². The maximum atomic E-state index is 12.5. The molecule has 0 spiro atoms. The summed E-state index contributed by atoms with van der Waals surface area (Å²) in [6.07, 6.45) is 5.27. The Hall–Kier alpha value is -2.04. The lowest BCUT2D eigenvalue weighted by Crippen LogP contribution is -2.53. The number of carbonyl (C=O) groups is 2. The van der Waals surface area contributed by atoms with Crippen LogP contribution in [-0.4, -0.2) is 67.6 Å². The molecule has 1 aromatic rings. The largest absolute Gasteiger partial charge is 0.450 e. The topological polar surface area (TPSA) is 86.3 Å². The molecule has 0 bridgehead atoms. The van der Waals surface area contributed by atoms with Gasteiger partial charge < -0.3 is 25.2 Å². The smallest absolute Gasteiger partial charge is 0.409 e. The molecule has 32 heavy (non-hydrogen) atoms. The van der Waals surface area contributed by atoms with Gasteiger partial charge in [-0.25, -0.2) is 4.79 Å². The number of nitrogens with one attached hydrogen (secondary N) is 2.